The maximum atomic E-state index is 11.9. The number of aldehydes is 1. The van der Waals surface area contributed by atoms with Crippen molar-refractivity contribution in [1.29, 1.82) is 0 Å². The lowest BCUT2D eigenvalue weighted by atomic mass is 10.0. The molecule has 0 heterocycles. The first-order valence-electron chi connectivity index (χ1n) is 10.1. The van der Waals surface area contributed by atoms with Gasteiger partial charge in [0.25, 0.3) is 0 Å². The van der Waals surface area contributed by atoms with Gasteiger partial charge in [0.1, 0.15) is 6.10 Å². The summed E-state index contributed by atoms with van der Waals surface area (Å²) in [5.74, 6) is 0. The van der Waals surface area contributed by atoms with Crippen LogP contribution in [0.1, 0.15) is 38.3 Å². The minimum Gasteiger partial charge on any atom is -0.411 e. The van der Waals surface area contributed by atoms with Crippen LogP contribution in [0, 0.1) is 0 Å². The molecule has 0 unspecified atom stereocenters. The zero-order valence-corrected chi connectivity index (χ0v) is 18.9. The summed E-state index contributed by atoms with van der Waals surface area (Å²) in [5.41, 5.74) is 2.31. The van der Waals surface area contributed by atoms with Gasteiger partial charge < -0.3 is 14.0 Å². The van der Waals surface area contributed by atoms with Crippen LogP contribution >= 0.6 is 0 Å². The Kier molecular flexibility index (Phi) is 8.17. The van der Waals surface area contributed by atoms with Crippen LogP contribution in [-0.2, 0) is 27.0 Å². The molecule has 0 amide bonds. The van der Waals surface area contributed by atoms with E-state index in [1.807, 2.05) is 48.5 Å². The number of benzene rings is 2. The SMILES string of the molecule is CC(C)(C)[Si](C)(C)O[C@H](CCc1ccccc1)[C@@H](C=O)OCc1ccccc1. The van der Waals surface area contributed by atoms with E-state index in [-0.39, 0.29) is 11.1 Å². The first-order chi connectivity index (χ1) is 13.2. The van der Waals surface area contributed by atoms with E-state index in [4.69, 9.17) is 9.16 Å². The van der Waals surface area contributed by atoms with Crippen LogP contribution in [-0.4, -0.2) is 26.8 Å². The van der Waals surface area contributed by atoms with Gasteiger partial charge in [0.05, 0.1) is 12.7 Å². The molecule has 0 radical (unpaired) electrons. The molecule has 3 nitrogen and oxygen atoms in total. The highest BCUT2D eigenvalue weighted by atomic mass is 28.4. The fraction of sp³-hybridized carbons (Fsp3) is 0.458. The molecule has 2 rings (SSSR count). The molecule has 0 aliphatic rings. The lowest BCUT2D eigenvalue weighted by molar-refractivity contribution is -0.126. The van der Waals surface area contributed by atoms with Gasteiger partial charge in [-0.25, -0.2) is 0 Å². The van der Waals surface area contributed by atoms with Crippen LogP contribution in [0.3, 0.4) is 0 Å². The van der Waals surface area contributed by atoms with Crippen molar-refractivity contribution in [2.24, 2.45) is 0 Å². The lowest BCUT2D eigenvalue weighted by Crippen LogP contribution is -2.48. The smallest absolute Gasteiger partial charge is 0.192 e. The van der Waals surface area contributed by atoms with Gasteiger partial charge in [0, 0.05) is 0 Å². The molecule has 2 aromatic rings. The molecule has 0 aromatic heterocycles. The zero-order valence-electron chi connectivity index (χ0n) is 17.9. The van der Waals surface area contributed by atoms with Crippen molar-refractivity contribution in [3.05, 3.63) is 71.8 Å². The molecule has 0 N–H and O–H groups in total. The van der Waals surface area contributed by atoms with E-state index in [0.29, 0.717) is 6.61 Å². The normalized spacial score (nSPS) is 14.5. The Morgan fingerprint density at radius 1 is 0.929 bits per heavy atom. The Balaban J connectivity index is 2.12. The van der Waals surface area contributed by atoms with Crippen molar-refractivity contribution in [3.63, 3.8) is 0 Å². The van der Waals surface area contributed by atoms with Gasteiger partial charge in [-0.3, -0.25) is 0 Å². The number of aryl methyl sites for hydroxylation is 1. The van der Waals surface area contributed by atoms with E-state index < -0.39 is 14.4 Å². The number of hydrogen-bond acceptors (Lipinski definition) is 3. The predicted octanol–water partition coefficient (Wildman–Crippen LogP) is 5.79. The van der Waals surface area contributed by atoms with Crippen molar-refractivity contribution in [1.82, 2.24) is 0 Å². The molecular weight excluding hydrogens is 364 g/mol. The second-order valence-electron chi connectivity index (χ2n) is 8.84. The Bertz CT molecular complexity index is 708. The van der Waals surface area contributed by atoms with E-state index >= 15 is 0 Å². The van der Waals surface area contributed by atoms with Gasteiger partial charge in [0.15, 0.2) is 14.6 Å². The highest BCUT2D eigenvalue weighted by Gasteiger charge is 2.40. The molecule has 0 aliphatic heterocycles. The molecule has 0 aliphatic carbocycles. The quantitative estimate of drug-likeness (QED) is 0.375. The van der Waals surface area contributed by atoms with Crippen LogP contribution < -0.4 is 0 Å². The van der Waals surface area contributed by atoms with Gasteiger partial charge in [-0.2, -0.15) is 0 Å². The van der Waals surface area contributed by atoms with E-state index in [0.717, 1.165) is 24.7 Å². The topological polar surface area (TPSA) is 35.5 Å². The summed E-state index contributed by atoms with van der Waals surface area (Å²) < 4.78 is 12.7. The summed E-state index contributed by atoms with van der Waals surface area (Å²) in [6.07, 6.45) is 1.71. The second kappa shape index (κ2) is 10.1. The van der Waals surface area contributed by atoms with Crippen LogP contribution in [0.15, 0.2) is 60.7 Å². The summed E-state index contributed by atoms with van der Waals surface area (Å²) in [5, 5.41) is 0.0743. The van der Waals surface area contributed by atoms with E-state index in [2.05, 4.69) is 46.0 Å². The zero-order chi connectivity index (χ0) is 20.6. The van der Waals surface area contributed by atoms with E-state index in [1.165, 1.54) is 5.56 Å². The molecule has 2 aromatic carbocycles. The van der Waals surface area contributed by atoms with E-state index in [9.17, 15) is 4.79 Å². The molecule has 4 heteroatoms. The fourth-order valence-electron chi connectivity index (χ4n) is 2.80. The molecule has 2 atom stereocenters. The summed E-state index contributed by atoms with van der Waals surface area (Å²) in [7, 11) is -2.03. The Morgan fingerprint density at radius 3 is 1.96 bits per heavy atom. The Labute approximate surface area is 171 Å². The second-order valence-corrected chi connectivity index (χ2v) is 13.6. The third-order valence-corrected chi connectivity index (χ3v) is 10.1. The summed E-state index contributed by atoms with van der Waals surface area (Å²) >= 11 is 0. The van der Waals surface area contributed by atoms with E-state index in [1.54, 1.807) is 0 Å². The number of rotatable bonds is 10. The summed E-state index contributed by atoms with van der Waals surface area (Å²) in [6.45, 7) is 11.5. The van der Waals surface area contributed by atoms with Crippen LogP contribution in [0.5, 0.6) is 0 Å². The van der Waals surface area contributed by atoms with Crippen molar-refractivity contribution in [3.8, 4) is 0 Å². The number of carbonyl (C=O) groups is 1. The minimum absolute atomic E-state index is 0.0743. The van der Waals surface area contributed by atoms with Crippen LogP contribution in [0.25, 0.3) is 0 Å². The van der Waals surface area contributed by atoms with Crippen LogP contribution in [0.4, 0.5) is 0 Å². The average Bonchev–Trinajstić information content (AvgIpc) is 2.67. The summed E-state index contributed by atoms with van der Waals surface area (Å²) in [6, 6.07) is 20.3. The number of hydrogen-bond donors (Lipinski definition) is 0. The third-order valence-electron chi connectivity index (χ3n) is 5.60. The third kappa shape index (κ3) is 6.69. The molecule has 152 valence electrons. The molecule has 0 spiro atoms. The standard InChI is InChI=1S/C24H34O3Si/c1-24(2,3)28(4,5)27-22(17-16-20-12-8-6-9-13-20)23(18-25)26-19-21-14-10-7-11-15-21/h6-15,18,22-23H,16-17,19H2,1-5H3/t22-,23-/m1/s1. The number of carbonyl (C=O) groups excluding carboxylic acids is 1. The molecule has 28 heavy (non-hydrogen) atoms. The lowest BCUT2D eigenvalue weighted by Gasteiger charge is -2.40. The average molecular weight is 399 g/mol. The maximum absolute atomic E-state index is 11.9. The van der Waals surface area contributed by atoms with Gasteiger partial charge in [-0.1, -0.05) is 81.4 Å². The van der Waals surface area contributed by atoms with Crippen LogP contribution in [0.2, 0.25) is 18.1 Å². The number of ether oxygens (including phenoxy) is 1. The highest BCUT2D eigenvalue weighted by Crippen LogP contribution is 2.38. The molecular formula is C24H34O3Si. The Morgan fingerprint density at radius 2 is 1.46 bits per heavy atom. The first kappa shape index (κ1) is 22.5. The Hall–Kier alpha value is -1.75. The molecule has 0 fully saturated rings. The monoisotopic (exact) mass is 398 g/mol. The van der Waals surface area contributed by atoms with Gasteiger partial charge in [0.2, 0.25) is 0 Å². The molecule has 0 saturated carbocycles. The highest BCUT2D eigenvalue weighted by molar-refractivity contribution is 6.74. The minimum atomic E-state index is -2.03. The predicted molar refractivity (Wildman–Crippen MR) is 118 cm³/mol. The van der Waals surface area contributed by atoms with Gasteiger partial charge in [-0.15, -0.1) is 0 Å². The van der Waals surface area contributed by atoms with Crippen molar-refractivity contribution < 1.29 is 14.0 Å². The molecule has 0 bridgehead atoms. The summed E-state index contributed by atoms with van der Waals surface area (Å²) in [4.78, 5) is 11.9. The fourth-order valence-corrected chi connectivity index (χ4v) is 4.16. The molecule has 0 saturated heterocycles. The van der Waals surface area contributed by atoms with Crippen molar-refractivity contribution in [2.75, 3.05) is 0 Å². The largest absolute Gasteiger partial charge is 0.411 e. The van der Waals surface area contributed by atoms with Gasteiger partial charge in [-0.05, 0) is 42.1 Å². The first-order valence-corrected chi connectivity index (χ1v) is 13.0. The van der Waals surface area contributed by atoms with Gasteiger partial charge >= 0.3 is 0 Å². The van der Waals surface area contributed by atoms with Crippen molar-refractivity contribution in [2.45, 2.75) is 70.6 Å². The maximum Gasteiger partial charge on any atom is 0.192 e. The van der Waals surface area contributed by atoms with Crippen molar-refractivity contribution >= 4 is 14.6 Å².